The first-order valence-corrected chi connectivity index (χ1v) is 8.57. The third-order valence-electron chi connectivity index (χ3n) is 3.14. The summed E-state index contributed by atoms with van der Waals surface area (Å²) in [6, 6.07) is 4.99. The zero-order chi connectivity index (χ0) is 16.9. The van der Waals surface area contributed by atoms with Crippen molar-refractivity contribution in [1.82, 2.24) is 15.2 Å². The summed E-state index contributed by atoms with van der Waals surface area (Å²) in [5.41, 5.74) is 0.0432. The van der Waals surface area contributed by atoms with Crippen LogP contribution in [0.3, 0.4) is 0 Å². The van der Waals surface area contributed by atoms with Gasteiger partial charge in [-0.25, -0.2) is 0 Å². The van der Waals surface area contributed by atoms with E-state index in [4.69, 9.17) is 4.74 Å². The molecular weight excluding hydrogens is 350 g/mol. The molecule has 2 heterocycles. The Labute approximate surface area is 145 Å². The van der Waals surface area contributed by atoms with E-state index in [0.29, 0.717) is 23.7 Å². The summed E-state index contributed by atoms with van der Waals surface area (Å²) >= 11 is 2.84. The van der Waals surface area contributed by atoms with Crippen LogP contribution >= 0.6 is 23.1 Å². The molecule has 1 N–H and O–H groups in total. The number of nitrogens with one attached hydrogen (secondary N) is 1. The molecule has 0 saturated heterocycles. The molecule has 0 amide bonds. The van der Waals surface area contributed by atoms with Crippen LogP contribution in [0.5, 0.6) is 0 Å². The molecule has 24 heavy (non-hydrogen) atoms. The van der Waals surface area contributed by atoms with Gasteiger partial charge < -0.3 is 10.1 Å². The first kappa shape index (κ1) is 16.6. The van der Waals surface area contributed by atoms with E-state index in [2.05, 4.69) is 20.5 Å². The fourth-order valence-electron chi connectivity index (χ4n) is 2.07. The van der Waals surface area contributed by atoms with Gasteiger partial charge in [0.05, 0.1) is 16.9 Å². The second-order valence-electron chi connectivity index (χ2n) is 4.66. The van der Waals surface area contributed by atoms with Crippen LogP contribution in [0.25, 0.3) is 10.8 Å². The highest BCUT2D eigenvalue weighted by Crippen LogP contribution is 2.38. The molecule has 10 heteroatoms. The lowest BCUT2D eigenvalue weighted by Crippen LogP contribution is -2.06. The number of pyridine rings is 1. The highest BCUT2D eigenvalue weighted by molar-refractivity contribution is 8.01. The Balaban J connectivity index is 1.86. The smallest absolute Gasteiger partial charge is 0.278 e. The molecule has 8 nitrogen and oxygen atoms in total. The van der Waals surface area contributed by atoms with Crippen LogP contribution in [-0.4, -0.2) is 40.4 Å². The Morgan fingerprint density at radius 3 is 3.00 bits per heavy atom. The molecule has 0 aliphatic rings. The Morgan fingerprint density at radius 1 is 1.33 bits per heavy atom. The summed E-state index contributed by atoms with van der Waals surface area (Å²) in [6.45, 7) is 1.24. The van der Waals surface area contributed by atoms with E-state index in [1.54, 1.807) is 25.4 Å². The first-order chi connectivity index (χ1) is 11.7. The average Bonchev–Trinajstić information content (AvgIpc) is 3.02. The van der Waals surface area contributed by atoms with Crippen molar-refractivity contribution in [1.29, 1.82) is 0 Å². The molecule has 3 aromatic rings. The van der Waals surface area contributed by atoms with Crippen molar-refractivity contribution in [2.24, 2.45) is 0 Å². The van der Waals surface area contributed by atoms with Crippen molar-refractivity contribution in [3.05, 3.63) is 40.7 Å². The van der Waals surface area contributed by atoms with Gasteiger partial charge in [-0.3, -0.25) is 15.1 Å². The Bertz CT molecular complexity index is 870. The number of non-ortho nitro benzene ring substituents is 1. The van der Waals surface area contributed by atoms with Crippen LogP contribution in [0.2, 0.25) is 0 Å². The van der Waals surface area contributed by atoms with Gasteiger partial charge in [-0.2, -0.15) is 0 Å². The number of anilines is 1. The van der Waals surface area contributed by atoms with Gasteiger partial charge in [0.25, 0.3) is 5.69 Å². The molecule has 0 spiro atoms. The molecule has 2 aromatic heterocycles. The van der Waals surface area contributed by atoms with Gasteiger partial charge in [-0.15, -0.1) is 10.2 Å². The number of nitrogens with zero attached hydrogens (tertiary/aromatic N) is 4. The van der Waals surface area contributed by atoms with E-state index in [-0.39, 0.29) is 5.69 Å². The SMILES string of the molecule is COCCNc1nnc(Sc2ccc([N+](=O)[O-])c3cnccc23)s1. The van der Waals surface area contributed by atoms with Gasteiger partial charge >= 0.3 is 0 Å². The van der Waals surface area contributed by atoms with Crippen molar-refractivity contribution in [2.45, 2.75) is 9.24 Å². The minimum atomic E-state index is -0.402. The summed E-state index contributed by atoms with van der Waals surface area (Å²) in [7, 11) is 1.64. The van der Waals surface area contributed by atoms with Crippen LogP contribution < -0.4 is 5.32 Å². The molecule has 0 saturated carbocycles. The maximum atomic E-state index is 11.1. The lowest BCUT2D eigenvalue weighted by molar-refractivity contribution is -0.383. The maximum absolute atomic E-state index is 11.1. The lowest BCUT2D eigenvalue weighted by atomic mass is 10.1. The number of hydrogen-bond donors (Lipinski definition) is 1. The van der Waals surface area contributed by atoms with Gasteiger partial charge in [0, 0.05) is 42.4 Å². The van der Waals surface area contributed by atoms with Crippen LogP contribution in [0.15, 0.2) is 39.8 Å². The zero-order valence-corrected chi connectivity index (χ0v) is 14.3. The second-order valence-corrected chi connectivity index (χ2v) is 6.92. The van der Waals surface area contributed by atoms with Crippen LogP contribution in [0.4, 0.5) is 10.8 Å². The fraction of sp³-hybridized carbons (Fsp3) is 0.214. The summed E-state index contributed by atoms with van der Waals surface area (Å²) in [5, 5.41) is 24.5. The van der Waals surface area contributed by atoms with Gasteiger partial charge in [0.1, 0.15) is 0 Å². The standard InChI is InChI=1S/C14H13N5O3S2/c1-22-7-6-16-13-17-18-14(24-13)23-12-3-2-11(19(20)21)10-8-15-5-4-9(10)12/h2-5,8H,6-7H2,1H3,(H,16,17). The largest absolute Gasteiger partial charge is 0.383 e. The van der Waals surface area contributed by atoms with Gasteiger partial charge in [0.2, 0.25) is 5.13 Å². The Morgan fingerprint density at radius 2 is 2.21 bits per heavy atom. The van der Waals surface area contributed by atoms with Gasteiger partial charge in [0.15, 0.2) is 4.34 Å². The molecule has 0 atom stereocenters. The lowest BCUT2D eigenvalue weighted by Gasteiger charge is -2.04. The monoisotopic (exact) mass is 363 g/mol. The van der Waals surface area contributed by atoms with Gasteiger partial charge in [-0.05, 0) is 12.1 Å². The molecule has 0 unspecified atom stereocenters. The van der Waals surface area contributed by atoms with Crippen molar-refractivity contribution in [3.8, 4) is 0 Å². The number of benzene rings is 1. The number of aromatic nitrogens is 3. The molecule has 124 valence electrons. The molecule has 0 radical (unpaired) electrons. The third-order valence-corrected chi connectivity index (χ3v) is 5.15. The second kappa shape index (κ2) is 7.51. The minimum Gasteiger partial charge on any atom is -0.383 e. The number of nitro benzene ring substituents is 1. The zero-order valence-electron chi connectivity index (χ0n) is 12.6. The van der Waals surface area contributed by atoms with E-state index in [1.165, 1.54) is 35.4 Å². The number of fused-ring (bicyclic) bond motifs is 1. The summed E-state index contributed by atoms with van der Waals surface area (Å²) < 4.78 is 5.72. The van der Waals surface area contributed by atoms with E-state index < -0.39 is 4.92 Å². The Kier molecular flexibility index (Phi) is 5.18. The number of ether oxygens (including phenoxy) is 1. The van der Waals surface area contributed by atoms with E-state index in [9.17, 15) is 10.1 Å². The quantitative estimate of drug-likeness (QED) is 0.388. The minimum absolute atomic E-state index is 0.0432. The molecule has 0 fully saturated rings. The number of nitro groups is 1. The predicted octanol–water partition coefficient (Wildman–Crippen LogP) is 3.20. The molecular formula is C14H13N5O3S2. The van der Waals surface area contributed by atoms with Crippen molar-refractivity contribution < 1.29 is 9.66 Å². The Hall–Kier alpha value is -2.30. The summed E-state index contributed by atoms with van der Waals surface area (Å²) in [4.78, 5) is 15.6. The van der Waals surface area contributed by atoms with Crippen LogP contribution in [0.1, 0.15) is 0 Å². The van der Waals surface area contributed by atoms with Crippen molar-refractivity contribution >= 4 is 44.7 Å². The molecule has 0 aliphatic heterocycles. The summed E-state index contributed by atoms with van der Waals surface area (Å²) in [5.74, 6) is 0. The maximum Gasteiger partial charge on any atom is 0.278 e. The molecule has 0 bridgehead atoms. The normalized spacial score (nSPS) is 10.9. The third kappa shape index (κ3) is 3.61. The van der Waals surface area contributed by atoms with Crippen molar-refractivity contribution in [2.75, 3.05) is 25.6 Å². The molecule has 0 aliphatic carbocycles. The molecule has 3 rings (SSSR count). The van der Waals surface area contributed by atoms with Crippen LogP contribution in [-0.2, 0) is 4.74 Å². The highest BCUT2D eigenvalue weighted by Gasteiger charge is 2.16. The highest BCUT2D eigenvalue weighted by atomic mass is 32.2. The fourth-order valence-corrected chi connectivity index (χ4v) is 3.94. The average molecular weight is 363 g/mol. The topological polar surface area (TPSA) is 103 Å². The number of methoxy groups -OCH3 is 1. The number of hydrogen-bond acceptors (Lipinski definition) is 9. The van der Waals surface area contributed by atoms with E-state index in [1.807, 2.05) is 0 Å². The van der Waals surface area contributed by atoms with Gasteiger partial charge in [-0.1, -0.05) is 23.1 Å². The van der Waals surface area contributed by atoms with E-state index in [0.717, 1.165) is 14.6 Å². The molecule has 1 aromatic carbocycles. The van der Waals surface area contributed by atoms with Crippen LogP contribution in [0, 0.1) is 10.1 Å². The predicted molar refractivity (Wildman–Crippen MR) is 92.8 cm³/mol. The summed E-state index contributed by atoms with van der Waals surface area (Å²) in [6.07, 6.45) is 3.13. The number of rotatable bonds is 7. The van der Waals surface area contributed by atoms with Crippen molar-refractivity contribution in [3.63, 3.8) is 0 Å². The first-order valence-electron chi connectivity index (χ1n) is 6.94. The van der Waals surface area contributed by atoms with E-state index >= 15 is 0 Å².